The van der Waals surface area contributed by atoms with Gasteiger partial charge >= 0.3 is 5.97 Å². The number of carboxylic acid groups (broad SMARTS) is 1. The van der Waals surface area contributed by atoms with Crippen LogP contribution in [0.2, 0.25) is 0 Å². The van der Waals surface area contributed by atoms with E-state index in [1.807, 2.05) is 0 Å². The summed E-state index contributed by atoms with van der Waals surface area (Å²) in [5.74, 6) is -4.33. The van der Waals surface area contributed by atoms with Gasteiger partial charge in [0.1, 0.15) is 11.4 Å². The second-order valence-corrected chi connectivity index (χ2v) is 4.94. The van der Waals surface area contributed by atoms with E-state index in [0.717, 1.165) is 17.0 Å². The van der Waals surface area contributed by atoms with Crippen LogP contribution >= 0.6 is 15.9 Å². The van der Waals surface area contributed by atoms with Crippen molar-refractivity contribution in [2.24, 2.45) is 5.92 Å². The highest BCUT2D eigenvalue weighted by Gasteiger charge is 2.33. The first-order chi connectivity index (χ1) is 8.95. The number of amides is 1. The Labute approximate surface area is 116 Å². The minimum Gasteiger partial charge on any atom is -0.477 e. The quantitative estimate of drug-likeness (QED) is 0.864. The first kappa shape index (κ1) is 13.9. The summed E-state index contributed by atoms with van der Waals surface area (Å²) in [4.78, 5) is 23.7. The summed E-state index contributed by atoms with van der Waals surface area (Å²) in [5.41, 5.74) is -1.22. The zero-order chi connectivity index (χ0) is 14.2. The number of carbonyl (C=O) groups excluding carboxylic acids is 1. The van der Waals surface area contributed by atoms with Gasteiger partial charge in [-0.15, -0.1) is 0 Å². The first-order valence-electron chi connectivity index (χ1n) is 5.53. The summed E-state index contributed by atoms with van der Waals surface area (Å²) >= 11 is 3.24. The molecule has 0 radical (unpaired) electrons. The smallest absolute Gasteiger partial charge is 0.341 e. The molecule has 0 saturated carbocycles. The van der Waals surface area contributed by atoms with Crippen molar-refractivity contribution in [3.8, 4) is 0 Å². The van der Waals surface area contributed by atoms with Crippen LogP contribution in [0.3, 0.4) is 0 Å². The van der Waals surface area contributed by atoms with Crippen molar-refractivity contribution in [2.45, 2.75) is 6.42 Å². The second-order valence-electron chi connectivity index (χ2n) is 4.29. The molecule has 19 heavy (non-hydrogen) atoms. The lowest BCUT2D eigenvalue weighted by Crippen LogP contribution is -2.26. The molecule has 1 aliphatic rings. The van der Waals surface area contributed by atoms with Crippen LogP contribution in [-0.2, 0) is 4.79 Å². The van der Waals surface area contributed by atoms with Gasteiger partial charge in [0.15, 0.2) is 5.82 Å². The number of halogens is 3. The standard InChI is InChI=1S/C12H10BrF2NO3/c13-4-6-3-9(17)16(5-6)8-2-1-7(14)10(11(8)15)12(18)19/h1-2,6H,3-5H2,(H,18,19). The zero-order valence-corrected chi connectivity index (χ0v) is 11.3. The number of alkyl halides is 1. The molecular formula is C12H10BrF2NO3. The normalized spacial score (nSPS) is 19.0. The van der Waals surface area contributed by atoms with Crippen molar-refractivity contribution in [1.29, 1.82) is 0 Å². The summed E-state index contributed by atoms with van der Waals surface area (Å²) in [6.45, 7) is 0.283. The van der Waals surface area contributed by atoms with E-state index >= 15 is 0 Å². The van der Waals surface area contributed by atoms with Crippen LogP contribution in [0.1, 0.15) is 16.8 Å². The fourth-order valence-electron chi connectivity index (χ4n) is 2.06. The van der Waals surface area contributed by atoms with Crippen LogP contribution in [-0.4, -0.2) is 28.9 Å². The van der Waals surface area contributed by atoms with Crippen molar-refractivity contribution in [3.05, 3.63) is 29.3 Å². The van der Waals surface area contributed by atoms with Gasteiger partial charge < -0.3 is 10.0 Å². The maximum absolute atomic E-state index is 14.0. The molecule has 1 N–H and O–H groups in total. The Balaban J connectivity index is 2.44. The molecule has 0 aliphatic carbocycles. The Morgan fingerprint density at radius 3 is 2.68 bits per heavy atom. The summed E-state index contributed by atoms with van der Waals surface area (Å²) < 4.78 is 27.3. The van der Waals surface area contributed by atoms with E-state index in [9.17, 15) is 18.4 Å². The number of benzene rings is 1. The van der Waals surface area contributed by atoms with E-state index in [0.29, 0.717) is 5.33 Å². The van der Waals surface area contributed by atoms with E-state index < -0.39 is 23.2 Å². The fraction of sp³-hybridized carbons (Fsp3) is 0.333. The zero-order valence-electron chi connectivity index (χ0n) is 9.70. The third kappa shape index (κ3) is 2.47. The van der Waals surface area contributed by atoms with Gasteiger partial charge in [-0.05, 0) is 18.1 Å². The molecule has 1 aromatic carbocycles. The van der Waals surface area contributed by atoms with E-state index in [-0.39, 0.29) is 30.5 Å². The molecule has 7 heteroatoms. The summed E-state index contributed by atoms with van der Waals surface area (Å²) in [7, 11) is 0. The maximum Gasteiger partial charge on any atom is 0.341 e. The SMILES string of the molecule is O=C(O)c1c(F)ccc(N2CC(CBr)CC2=O)c1F. The van der Waals surface area contributed by atoms with E-state index in [2.05, 4.69) is 15.9 Å². The van der Waals surface area contributed by atoms with Crippen molar-refractivity contribution in [3.63, 3.8) is 0 Å². The lowest BCUT2D eigenvalue weighted by atomic mass is 10.1. The number of anilines is 1. The van der Waals surface area contributed by atoms with E-state index in [1.54, 1.807) is 0 Å². The number of nitrogens with zero attached hydrogens (tertiary/aromatic N) is 1. The van der Waals surface area contributed by atoms with Crippen molar-refractivity contribution in [1.82, 2.24) is 0 Å². The summed E-state index contributed by atoms with van der Waals surface area (Å²) in [6.07, 6.45) is 0.254. The predicted octanol–water partition coefficient (Wildman–Crippen LogP) is 2.41. The Bertz CT molecular complexity index is 550. The fourth-order valence-corrected chi connectivity index (χ4v) is 2.50. The minimum absolute atomic E-state index is 0.0326. The van der Waals surface area contributed by atoms with Gasteiger partial charge in [-0.2, -0.15) is 0 Å². The monoisotopic (exact) mass is 333 g/mol. The number of hydrogen-bond donors (Lipinski definition) is 1. The molecule has 102 valence electrons. The predicted molar refractivity (Wildman–Crippen MR) is 67.6 cm³/mol. The molecule has 2 rings (SSSR count). The minimum atomic E-state index is -1.69. The lowest BCUT2D eigenvalue weighted by Gasteiger charge is -2.18. The van der Waals surface area contributed by atoms with Crippen LogP contribution in [0.15, 0.2) is 12.1 Å². The summed E-state index contributed by atoms with van der Waals surface area (Å²) in [5, 5.41) is 9.37. The van der Waals surface area contributed by atoms with Gasteiger partial charge in [0.25, 0.3) is 0 Å². The maximum atomic E-state index is 14.0. The largest absolute Gasteiger partial charge is 0.477 e. The highest BCUT2D eigenvalue weighted by molar-refractivity contribution is 9.09. The lowest BCUT2D eigenvalue weighted by molar-refractivity contribution is -0.117. The average molecular weight is 334 g/mol. The van der Waals surface area contributed by atoms with Gasteiger partial charge in [-0.25, -0.2) is 13.6 Å². The van der Waals surface area contributed by atoms with Crippen LogP contribution in [0.25, 0.3) is 0 Å². The molecule has 1 atom stereocenters. The molecule has 1 fully saturated rings. The molecule has 1 amide bonds. The van der Waals surface area contributed by atoms with E-state index in [4.69, 9.17) is 5.11 Å². The molecule has 0 aromatic heterocycles. The number of rotatable bonds is 3. The highest BCUT2D eigenvalue weighted by Crippen LogP contribution is 2.30. The van der Waals surface area contributed by atoms with E-state index in [1.165, 1.54) is 0 Å². The molecule has 0 bridgehead atoms. The van der Waals surface area contributed by atoms with Gasteiger partial charge in [-0.3, -0.25) is 4.79 Å². The number of aromatic carboxylic acids is 1. The topological polar surface area (TPSA) is 57.6 Å². The Kier molecular flexibility index (Phi) is 3.84. The second kappa shape index (κ2) is 5.24. The van der Waals surface area contributed by atoms with Crippen LogP contribution < -0.4 is 4.90 Å². The summed E-state index contributed by atoms with van der Waals surface area (Å²) in [6, 6.07) is 1.95. The van der Waals surface area contributed by atoms with Crippen LogP contribution in [0.5, 0.6) is 0 Å². The third-order valence-corrected chi connectivity index (χ3v) is 3.91. The van der Waals surface area contributed by atoms with Gasteiger partial charge in [0.2, 0.25) is 5.91 Å². The highest BCUT2D eigenvalue weighted by atomic mass is 79.9. The number of hydrogen-bond acceptors (Lipinski definition) is 2. The Morgan fingerprint density at radius 2 is 2.16 bits per heavy atom. The molecular weight excluding hydrogens is 324 g/mol. The molecule has 0 spiro atoms. The van der Waals surface area contributed by atoms with Crippen molar-refractivity contribution < 1.29 is 23.5 Å². The van der Waals surface area contributed by atoms with Crippen LogP contribution in [0.4, 0.5) is 14.5 Å². The number of carbonyl (C=O) groups is 2. The van der Waals surface area contributed by atoms with Crippen LogP contribution in [0, 0.1) is 17.6 Å². The third-order valence-electron chi connectivity index (χ3n) is 3.00. The number of carboxylic acids is 1. The molecule has 1 aromatic rings. The molecule has 1 unspecified atom stereocenters. The van der Waals surface area contributed by atoms with Gasteiger partial charge in [-0.1, -0.05) is 15.9 Å². The molecule has 1 saturated heterocycles. The Hall–Kier alpha value is -1.50. The van der Waals surface area contributed by atoms with Gasteiger partial charge in [0.05, 0.1) is 5.69 Å². The average Bonchev–Trinajstić information content (AvgIpc) is 2.70. The van der Waals surface area contributed by atoms with Crippen molar-refractivity contribution in [2.75, 3.05) is 16.8 Å². The van der Waals surface area contributed by atoms with Gasteiger partial charge in [0, 0.05) is 18.3 Å². The van der Waals surface area contributed by atoms with Crippen molar-refractivity contribution >= 4 is 33.5 Å². The molecule has 4 nitrogen and oxygen atoms in total. The first-order valence-corrected chi connectivity index (χ1v) is 6.65. The molecule has 1 heterocycles. The molecule has 1 aliphatic heterocycles. The Morgan fingerprint density at radius 1 is 1.47 bits per heavy atom.